The smallest absolute Gasteiger partial charge is 0.219 e. The second kappa shape index (κ2) is 7.57. The van der Waals surface area contributed by atoms with E-state index in [-0.39, 0.29) is 5.91 Å². The molecule has 1 aromatic heterocycles. The minimum atomic E-state index is 0.205. The molecule has 1 amide bonds. The standard InChI is InChI=1S/C18H29N5O/c1-14-11-21(12-17-10-19-15(2)9-20-17)13-18(14)23-6-4-5-22(7-8-23)16(3)24/h9-10,14,18H,4-8,11-13H2,1-3H3. The molecule has 0 saturated carbocycles. The van der Waals surface area contributed by atoms with Gasteiger partial charge in [-0.25, -0.2) is 0 Å². The molecule has 0 aromatic carbocycles. The highest BCUT2D eigenvalue weighted by Crippen LogP contribution is 2.24. The highest BCUT2D eigenvalue weighted by Gasteiger charge is 2.34. The first-order valence-electron chi connectivity index (χ1n) is 9.02. The van der Waals surface area contributed by atoms with Crippen molar-refractivity contribution in [3.8, 4) is 0 Å². The lowest BCUT2D eigenvalue weighted by molar-refractivity contribution is -0.128. The maximum absolute atomic E-state index is 11.6. The summed E-state index contributed by atoms with van der Waals surface area (Å²) in [6, 6.07) is 0.579. The average molecular weight is 331 g/mol. The lowest BCUT2D eigenvalue weighted by atomic mass is 10.0. The average Bonchev–Trinajstić information content (AvgIpc) is 2.76. The maximum Gasteiger partial charge on any atom is 0.219 e. The summed E-state index contributed by atoms with van der Waals surface area (Å²) in [6.07, 6.45) is 4.81. The number of carbonyl (C=O) groups excluding carboxylic acids is 1. The van der Waals surface area contributed by atoms with Crippen molar-refractivity contribution in [1.29, 1.82) is 0 Å². The number of aromatic nitrogens is 2. The molecular formula is C18H29N5O. The zero-order chi connectivity index (χ0) is 17.1. The van der Waals surface area contributed by atoms with Gasteiger partial charge in [0.2, 0.25) is 5.91 Å². The van der Waals surface area contributed by atoms with Gasteiger partial charge in [0, 0.05) is 71.2 Å². The Morgan fingerprint density at radius 2 is 2.00 bits per heavy atom. The van der Waals surface area contributed by atoms with Crippen LogP contribution in [0.25, 0.3) is 0 Å². The molecular weight excluding hydrogens is 302 g/mol. The fourth-order valence-corrected chi connectivity index (χ4v) is 3.97. The van der Waals surface area contributed by atoms with E-state index in [1.807, 2.05) is 24.2 Å². The van der Waals surface area contributed by atoms with Gasteiger partial charge in [0.25, 0.3) is 0 Å². The predicted molar refractivity (Wildman–Crippen MR) is 93.4 cm³/mol. The molecule has 2 aliphatic heterocycles. The van der Waals surface area contributed by atoms with Crippen molar-refractivity contribution >= 4 is 5.91 Å². The van der Waals surface area contributed by atoms with Gasteiger partial charge in [-0.05, 0) is 19.3 Å². The zero-order valence-electron chi connectivity index (χ0n) is 15.1. The van der Waals surface area contributed by atoms with Gasteiger partial charge in [0.1, 0.15) is 0 Å². The van der Waals surface area contributed by atoms with Crippen LogP contribution in [0.4, 0.5) is 0 Å². The summed E-state index contributed by atoms with van der Waals surface area (Å²) in [4.78, 5) is 27.5. The second-order valence-corrected chi connectivity index (χ2v) is 7.28. The molecule has 0 N–H and O–H groups in total. The van der Waals surface area contributed by atoms with E-state index < -0.39 is 0 Å². The summed E-state index contributed by atoms with van der Waals surface area (Å²) in [6.45, 7) is 12.9. The minimum Gasteiger partial charge on any atom is -0.342 e. The van der Waals surface area contributed by atoms with Gasteiger partial charge in [-0.2, -0.15) is 0 Å². The van der Waals surface area contributed by atoms with Crippen LogP contribution in [-0.4, -0.2) is 75.9 Å². The van der Waals surface area contributed by atoms with Crippen molar-refractivity contribution in [2.75, 3.05) is 39.3 Å². The molecule has 2 atom stereocenters. The van der Waals surface area contributed by atoms with E-state index >= 15 is 0 Å². The highest BCUT2D eigenvalue weighted by atomic mass is 16.2. The molecule has 132 valence electrons. The molecule has 2 unspecified atom stereocenters. The van der Waals surface area contributed by atoms with E-state index in [1.54, 1.807) is 6.92 Å². The molecule has 0 spiro atoms. The lowest BCUT2D eigenvalue weighted by Gasteiger charge is -2.30. The Hall–Kier alpha value is -1.53. The highest BCUT2D eigenvalue weighted by molar-refractivity contribution is 5.73. The summed E-state index contributed by atoms with van der Waals surface area (Å²) in [5.41, 5.74) is 2.01. The zero-order valence-corrected chi connectivity index (χ0v) is 15.1. The quantitative estimate of drug-likeness (QED) is 0.832. The van der Waals surface area contributed by atoms with Crippen LogP contribution in [0.3, 0.4) is 0 Å². The largest absolute Gasteiger partial charge is 0.342 e. The van der Waals surface area contributed by atoms with Crippen molar-refractivity contribution in [3.05, 3.63) is 23.8 Å². The SMILES string of the molecule is CC(=O)N1CCCN(C2CN(Cc3cnc(C)cn3)CC2C)CC1. The molecule has 3 rings (SSSR count). The van der Waals surface area contributed by atoms with E-state index in [2.05, 4.69) is 26.7 Å². The number of hydrogen-bond acceptors (Lipinski definition) is 5. The van der Waals surface area contributed by atoms with Crippen molar-refractivity contribution in [2.45, 2.75) is 39.8 Å². The Labute approximate surface area is 144 Å². The van der Waals surface area contributed by atoms with E-state index in [0.29, 0.717) is 12.0 Å². The van der Waals surface area contributed by atoms with Crippen LogP contribution in [0.5, 0.6) is 0 Å². The summed E-state index contributed by atoms with van der Waals surface area (Å²) in [5.74, 6) is 0.850. The van der Waals surface area contributed by atoms with Crippen molar-refractivity contribution in [3.63, 3.8) is 0 Å². The summed E-state index contributed by atoms with van der Waals surface area (Å²) in [7, 11) is 0. The maximum atomic E-state index is 11.6. The summed E-state index contributed by atoms with van der Waals surface area (Å²) < 4.78 is 0. The number of aryl methyl sites for hydroxylation is 1. The Kier molecular flexibility index (Phi) is 5.46. The first-order valence-corrected chi connectivity index (χ1v) is 9.02. The van der Waals surface area contributed by atoms with Gasteiger partial charge in [-0.3, -0.25) is 24.6 Å². The number of likely N-dealkylation sites (tertiary alicyclic amines) is 1. The minimum absolute atomic E-state index is 0.205. The monoisotopic (exact) mass is 331 g/mol. The van der Waals surface area contributed by atoms with Crippen molar-refractivity contribution in [2.24, 2.45) is 5.92 Å². The summed E-state index contributed by atoms with van der Waals surface area (Å²) >= 11 is 0. The Morgan fingerprint density at radius 3 is 2.71 bits per heavy atom. The molecule has 0 aliphatic carbocycles. The van der Waals surface area contributed by atoms with Crippen LogP contribution in [-0.2, 0) is 11.3 Å². The van der Waals surface area contributed by atoms with Crippen LogP contribution in [0, 0.1) is 12.8 Å². The third-order valence-electron chi connectivity index (χ3n) is 5.31. The number of hydrogen-bond donors (Lipinski definition) is 0. The third kappa shape index (κ3) is 4.11. The van der Waals surface area contributed by atoms with Gasteiger partial charge in [-0.15, -0.1) is 0 Å². The van der Waals surface area contributed by atoms with Gasteiger partial charge < -0.3 is 4.90 Å². The van der Waals surface area contributed by atoms with Crippen LogP contribution >= 0.6 is 0 Å². The van der Waals surface area contributed by atoms with Crippen LogP contribution in [0.15, 0.2) is 12.4 Å². The van der Waals surface area contributed by atoms with Crippen molar-refractivity contribution in [1.82, 2.24) is 24.7 Å². The molecule has 3 heterocycles. The molecule has 6 nitrogen and oxygen atoms in total. The third-order valence-corrected chi connectivity index (χ3v) is 5.31. The van der Waals surface area contributed by atoms with Gasteiger partial charge in [0.05, 0.1) is 11.4 Å². The Morgan fingerprint density at radius 1 is 1.17 bits per heavy atom. The number of rotatable bonds is 3. The molecule has 0 bridgehead atoms. The van der Waals surface area contributed by atoms with Gasteiger partial charge in [-0.1, -0.05) is 6.92 Å². The molecule has 0 radical (unpaired) electrons. The van der Waals surface area contributed by atoms with E-state index in [4.69, 9.17) is 0 Å². The topological polar surface area (TPSA) is 52.6 Å². The Balaban J connectivity index is 1.57. The normalized spacial score (nSPS) is 26.5. The number of nitrogens with zero attached hydrogens (tertiary/aromatic N) is 5. The number of amides is 1. The Bertz CT molecular complexity index is 561. The molecule has 2 saturated heterocycles. The second-order valence-electron chi connectivity index (χ2n) is 7.28. The molecule has 2 aliphatic rings. The van der Waals surface area contributed by atoms with E-state index in [0.717, 1.165) is 63.6 Å². The van der Waals surface area contributed by atoms with Crippen LogP contribution in [0.2, 0.25) is 0 Å². The van der Waals surface area contributed by atoms with E-state index in [9.17, 15) is 4.79 Å². The van der Waals surface area contributed by atoms with E-state index in [1.165, 1.54) is 0 Å². The first kappa shape index (κ1) is 17.3. The fourth-order valence-electron chi connectivity index (χ4n) is 3.97. The van der Waals surface area contributed by atoms with Crippen LogP contribution in [0.1, 0.15) is 31.7 Å². The molecule has 6 heteroatoms. The van der Waals surface area contributed by atoms with Crippen molar-refractivity contribution < 1.29 is 4.79 Å². The summed E-state index contributed by atoms with van der Waals surface area (Å²) in [5, 5.41) is 0. The molecule has 2 fully saturated rings. The molecule has 1 aromatic rings. The molecule has 24 heavy (non-hydrogen) atoms. The predicted octanol–water partition coefficient (Wildman–Crippen LogP) is 1.16. The fraction of sp³-hybridized carbons (Fsp3) is 0.722. The van der Waals surface area contributed by atoms with Gasteiger partial charge in [0.15, 0.2) is 0 Å². The first-order chi connectivity index (χ1) is 11.5. The van der Waals surface area contributed by atoms with Gasteiger partial charge >= 0.3 is 0 Å². The van der Waals surface area contributed by atoms with Crippen LogP contribution < -0.4 is 0 Å². The number of carbonyl (C=O) groups is 1. The lowest BCUT2D eigenvalue weighted by Crippen LogP contribution is -2.42.